The second-order valence-corrected chi connectivity index (χ2v) is 6.94. The maximum Gasteiger partial charge on any atom is 0.138 e. The van der Waals surface area contributed by atoms with Crippen LogP contribution < -0.4 is 5.32 Å². The first kappa shape index (κ1) is 12.0. The van der Waals surface area contributed by atoms with Gasteiger partial charge in [0.25, 0.3) is 0 Å². The summed E-state index contributed by atoms with van der Waals surface area (Å²) in [6.45, 7) is 5.00. The van der Waals surface area contributed by atoms with Crippen molar-refractivity contribution in [2.24, 2.45) is 23.7 Å². The largest absolute Gasteiger partial charge is 0.361 e. The highest BCUT2D eigenvalue weighted by Crippen LogP contribution is 2.58. The highest BCUT2D eigenvalue weighted by atomic mass is 16.5. The van der Waals surface area contributed by atoms with Crippen LogP contribution in [0.5, 0.6) is 0 Å². The molecule has 5 atom stereocenters. The topological polar surface area (TPSA) is 38.1 Å². The van der Waals surface area contributed by atoms with Crippen molar-refractivity contribution in [3.8, 4) is 0 Å². The van der Waals surface area contributed by atoms with Gasteiger partial charge in [0.15, 0.2) is 0 Å². The number of hydrogen-bond acceptors (Lipinski definition) is 3. The molecule has 3 aliphatic carbocycles. The third kappa shape index (κ3) is 1.78. The van der Waals surface area contributed by atoms with Crippen LogP contribution in [0, 0.1) is 37.5 Å². The third-order valence-corrected chi connectivity index (χ3v) is 6.15. The van der Waals surface area contributed by atoms with Crippen LogP contribution in [0.25, 0.3) is 0 Å². The van der Waals surface area contributed by atoms with Gasteiger partial charge in [-0.05, 0) is 63.2 Å². The lowest BCUT2D eigenvalue weighted by Gasteiger charge is -2.32. The highest BCUT2D eigenvalue weighted by molar-refractivity contribution is 5.20. The Morgan fingerprint density at radius 3 is 2.79 bits per heavy atom. The fourth-order valence-corrected chi connectivity index (χ4v) is 5.29. The summed E-state index contributed by atoms with van der Waals surface area (Å²) in [6, 6.07) is 0.748. The number of fused-ring (bicyclic) bond motifs is 5. The van der Waals surface area contributed by atoms with E-state index in [1.165, 1.54) is 37.7 Å². The Labute approximate surface area is 115 Å². The Bertz CT molecular complexity index is 462. The smallest absolute Gasteiger partial charge is 0.138 e. The van der Waals surface area contributed by atoms with Crippen molar-refractivity contribution >= 4 is 0 Å². The Hall–Kier alpha value is -0.830. The first-order chi connectivity index (χ1) is 9.24. The summed E-state index contributed by atoms with van der Waals surface area (Å²) in [7, 11) is 0. The van der Waals surface area contributed by atoms with E-state index in [9.17, 15) is 0 Å². The molecule has 1 aromatic heterocycles. The normalized spacial score (nSPS) is 40.0. The van der Waals surface area contributed by atoms with E-state index in [1.54, 1.807) is 0 Å². The third-order valence-electron chi connectivity index (χ3n) is 6.15. The zero-order chi connectivity index (χ0) is 13.0. The molecule has 1 N–H and O–H groups in total. The van der Waals surface area contributed by atoms with Gasteiger partial charge in [-0.2, -0.15) is 0 Å². The summed E-state index contributed by atoms with van der Waals surface area (Å²) in [6.07, 6.45) is 7.40. The molecule has 0 amide bonds. The minimum absolute atomic E-state index is 0.748. The second kappa shape index (κ2) is 4.34. The Balaban J connectivity index is 1.43. The molecule has 3 nitrogen and oxygen atoms in total. The summed E-state index contributed by atoms with van der Waals surface area (Å²) < 4.78 is 5.25. The minimum Gasteiger partial charge on any atom is -0.361 e. The van der Waals surface area contributed by atoms with Crippen LogP contribution in [0.2, 0.25) is 0 Å². The standard InChI is InChI=1S/C16H24N2O/c1-9-15(10(2)19-18-9)8-17-16-7-11-6-14(16)13-5-3-4-12(11)13/h11-14,16-17H,3-8H2,1-2H3. The predicted molar refractivity (Wildman–Crippen MR) is 73.6 cm³/mol. The fraction of sp³-hybridized carbons (Fsp3) is 0.812. The van der Waals surface area contributed by atoms with Crippen LogP contribution in [0.3, 0.4) is 0 Å². The Kier molecular flexibility index (Phi) is 2.73. The maximum absolute atomic E-state index is 5.25. The molecule has 2 bridgehead atoms. The second-order valence-electron chi connectivity index (χ2n) is 6.94. The summed E-state index contributed by atoms with van der Waals surface area (Å²) in [5.41, 5.74) is 2.32. The molecule has 1 aromatic rings. The molecule has 3 fully saturated rings. The van der Waals surface area contributed by atoms with Gasteiger partial charge in [0, 0.05) is 18.2 Å². The molecular formula is C16H24N2O. The van der Waals surface area contributed by atoms with E-state index in [-0.39, 0.29) is 0 Å². The molecule has 5 unspecified atom stereocenters. The molecule has 0 aromatic carbocycles. The van der Waals surface area contributed by atoms with Crippen molar-refractivity contribution in [2.45, 2.75) is 58.5 Å². The van der Waals surface area contributed by atoms with Gasteiger partial charge in [-0.25, -0.2) is 0 Å². The van der Waals surface area contributed by atoms with Gasteiger partial charge in [-0.3, -0.25) is 0 Å². The SMILES string of the molecule is Cc1noc(C)c1CNC1CC2CC1C1CCCC21. The molecule has 3 heteroatoms. The van der Waals surface area contributed by atoms with Crippen LogP contribution in [0.4, 0.5) is 0 Å². The van der Waals surface area contributed by atoms with E-state index >= 15 is 0 Å². The lowest BCUT2D eigenvalue weighted by atomic mass is 9.79. The summed E-state index contributed by atoms with van der Waals surface area (Å²) in [5.74, 6) is 5.09. The van der Waals surface area contributed by atoms with Crippen LogP contribution in [-0.2, 0) is 6.54 Å². The highest BCUT2D eigenvalue weighted by Gasteiger charge is 2.53. The van der Waals surface area contributed by atoms with E-state index in [4.69, 9.17) is 4.52 Å². The van der Waals surface area contributed by atoms with E-state index < -0.39 is 0 Å². The van der Waals surface area contributed by atoms with Crippen molar-refractivity contribution in [3.63, 3.8) is 0 Å². The van der Waals surface area contributed by atoms with Crippen LogP contribution in [-0.4, -0.2) is 11.2 Å². The van der Waals surface area contributed by atoms with E-state index in [1.807, 2.05) is 13.8 Å². The molecule has 19 heavy (non-hydrogen) atoms. The molecule has 0 saturated heterocycles. The number of aryl methyl sites for hydroxylation is 2. The Morgan fingerprint density at radius 2 is 2.00 bits per heavy atom. The van der Waals surface area contributed by atoms with E-state index in [0.717, 1.165) is 47.7 Å². The predicted octanol–water partition coefficient (Wildman–Crippen LogP) is 3.21. The molecule has 3 saturated carbocycles. The molecule has 0 aliphatic heterocycles. The summed E-state index contributed by atoms with van der Waals surface area (Å²) >= 11 is 0. The van der Waals surface area contributed by atoms with Gasteiger partial charge in [0.2, 0.25) is 0 Å². The van der Waals surface area contributed by atoms with Crippen molar-refractivity contribution in [1.82, 2.24) is 10.5 Å². The molecule has 3 aliphatic rings. The van der Waals surface area contributed by atoms with Gasteiger partial charge >= 0.3 is 0 Å². The summed E-state index contributed by atoms with van der Waals surface area (Å²) in [5, 5.41) is 7.86. The Morgan fingerprint density at radius 1 is 1.16 bits per heavy atom. The molecule has 1 heterocycles. The van der Waals surface area contributed by atoms with E-state index in [2.05, 4.69) is 10.5 Å². The van der Waals surface area contributed by atoms with Gasteiger partial charge in [0.1, 0.15) is 5.76 Å². The van der Waals surface area contributed by atoms with Crippen LogP contribution >= 0.6 is 0 Å². The lowest BCUT2D eigenvalue weighted by molar-refractivity contribution is 0.208. The van der Waals surface area contributed by atoms with Gasteiger partial charge in [-0.15, -0.1) is 0 Å². The first-order valence-electron chi connectivity index (χ1n) is 7.89. The molecule has 4 rings (SSSR count). The van der Waals surface area contributed by atoms with Gasteiger partial charge in [-0.1, -0.05) is 11.6 Å². The first-order valence-corrected chi connectivity index (χ1v) is 7.89. The van der Waals surface area contributed by atoms with Crippen LogP contribution in [0.1, 0.15) is 49.1 Å². The monoisotopic (exact) mass is 260 g/mol. The fourth-order valence-electron chi connectivity index (χ4n) is 5.29. The minimum atomic E-state index is 0.748. The molecular weight excluding hydrogens is 236 g/mol. The molecule has 0 spiro atoms. The maximum atomic E-state index is 5.25. The zero-order valence-electron chi connectivity index (χ0n) is 12.0. The van der Waals surface area contributed by atoms with Gasteiger partial charge in [0.05, 0.1) is 5.69 Å². The van der Waals surface area contributed by atoms with Gasteiger partial charge < -0.3 is 9.84 Å². The molecule has 104 valence electrons. The average Bonchev–Trinajstić information content (AvgIpc) is 3.10. The van der Waals surface area contributed by atoms with Crippen LogP contribution in [0.15, 0.2) is 4.52 Å². The average molecular weight is 260 g/mol. The number of aromatic nitrogens is 1. The van der Waals surface area contributed by atoms with Crippen molar-refractivity contribution in [3.05, 3.63) is 17.0 Å². The zero-order valence-corrected chi connectivity index (χ0v) is 12.0. The summed E-state index contributed by atoms with van der Waals surface area (Å²) in [4.78, 5) is 0. The number of nitrogens with zero attached hydrogens (tertiary/aromatic N) is 1. The number of rotatable bonds is 3. The molecule has 0 radical (unpaired) electrons. The quantitative estimate of drug-likeness (QED) is 0.907. The van der Waals surface area contributed by atoms with Crippen molar-refractivity contribution < 1.29 is 4.52 Å². The van der Waals surface area contributed by atoms with Crippen molar-refractivity contribution in [1.29, 1.82) is 0 Å². The number of nitrogens with one attached hydrogen (secondary N) is 1. The van der Waals surface area contributed by atoms with Crippen molar-refractivity contribution in [2.75, 3.05) is 0 Å². The van der Waals surface area contributed by atoms with E-state index in [0.29, 0.717) is 0 Å². The number of hydrogen-bond donors (Lipinski definition) is 1. The lowest BCUT2D eigenvalue weighted by Crippen LogP contribution is -2.39.